The fraction of sp³-hybridized carbons (Fsp3) is 0.312. The van der Waals surface area contributed by atoms with Crippen molar-refractivity contribution in [1.29, 1.82) is 0 Å². The monoisotopic (exact) mass is 282 g/mol. The molecule has 0 saturated carbocycles. The summed E-state index contributed by atoms with van der Waals surface area (Å²) in [6, 6.07) is 8.18. The molecule has 0 spiro atoms. The van der Waals surface area contributed by atoms with Crippen LogP contribution in [0, 0.1) is 0 Å². The molecule has 5 heteroatoms. The average molecular weight is 282 g/mol. The van der Waals surface area contributed by atoms with Crippen LogP contribution in [0.2, 0.25) is 0 Å². The van der Waals surface area contributed by atoms with Gasteiger partial charge in [0.15, 0.2) is 5.82 Å². The molecule has 0 radical (unpaired) electrons. The molecule has 21 heavy (non-hydrogen) atoms. The summed E-state index contributed by atoms with van der Waals surface area (Å²) < 4.78 is 5.79. The third-order valence-corrected chi connectivity index (χ3v) is 3.38. The minimum atomic E-state index is 0.0378. The predicted molar refractivity (Wildman–Crippen MR) is 81.2 cm³/mol. The molecule has 0 atom stereocenters. The van der Waals surface area contributed by atoms with Crippen LogP contribution in [-0.2, 0) is 12.0 Å². The van der Waals surface area contributed by atoms with E-state index in [0.717, 1.165) is 5.39 Å². The Morgan fingerprint density at radius 2 is 1.86 bits per heavy atom. The molecule has 3 aromatic rings. The molecular formula is C16H18N4O. The number of rotatable bonds is 3. The van der Waals surface area contributed by atoms with Gasteiger partial charge in [0.2, 0.25) is 5.88 Å². The van der Waals surface area contributed by atoms with Crippen molar-refractivity contribution in [1.82, 2.24) is 20.2 Å². The van der Waals surface area contributed by atoms with Gasteiger partial charge in [-0.3, -0.25) is 5.10 Å². The maximum absolute atomic E-state index is 5.79. The topological polar surface area (TPSA) is 63.7 Å². The number of H-pyrrole nitrogens is 1. The quantitative estimate of drug-likeness (QED) is 0.801. The van der Waals surface area contributed by atoms with Gasteiger partial charge in [-0.1, -0.05) is 39.0 Å². The minimum absolute atomic E-state index is 0.0378. The van der Waals surface area contributed by atoms with Gasteiger partial charge in [-0.25, -0.2) is 9.97 Å². The fourth-order valence-electron chi connectivity index (χ4n) is 2.32. The molecule has 0 aliphatic rings. The number of aromatic nitrogens is 4. The van der Waals surface area contributed by atoms with Crippen molar-refractivity contribution in [2.24, 2.45) is 0 Å². The molecule has 0 aliphatic heterocycles. The number of benzene rings is 1. The number of hydrogen-bond acceptors (Lipinski definition) is 4. The molecule has 0 saturated heterocycles. The lowest BCUT2D eigenvalue weighted by Gasteiger charge is -2.21. The molecule has 0 bridgehead atoms. The van der Waals surface area contributed by atoms with Crippen molar-refractivity contribution >= 4 is 10.8 Å². The summed E-state index contributed by atoms with van der Waals surface area (Å²) in [7, 11) is 0. The zero-order chi connectivity index (χ0) is 14.9. The Hall–Kier alpha value is -2.43. The second-order valence-corrected chi connectivity index (χ2v) is 5.99. The van der Waals surface area contributed by atoms with Crippen LogP contribution in [0.5, 0.6) is 5.88 Å². The SMILES string of the molecule is CC(C)(C)c1cnc(OCc2ncn[nH]2)c2ccccc12. The van der Waals surface area contributed by atoms with Gasteiger partial charge in [0.25, 0.3) is 0 Å². The van der Waals surface area contributed by atoms with Crippen molar-refractivity contribution in [3.8, 4) is 5.88 Å². The molecule has 2 aromatic heterocycles. The maximum atomic E-state index is 5.79. The molecule has 0 aliphatic carbocycles. The number of nitrogens with zero attached hydrogens (tertiary/aromatic N) is 3. The van der Waals surface area contributed by atoms with Gasteiger partial charge < -0.3 is 4.74 Å². The molecule has 108 valence electrons. The molecular weight excluding hydrogens is 264 g/mol. The number of fused-ring (bicyclic) bond motifs is 1. The highest BCUT2D eigenvalue weighted by Crippen LogP contribution is 2.33. The number of nitrogens with one attached hydrogen (secondary N) is 1. The van der Waals surface area contributed by atoms with E-state index in [1.54, 1.807) is 0 Å². The smallest absolute Gasteiger partial charge is 0.221 e. The van der Waals surface area contributed by atoms with Crippen molar-refractivity contribution in [3.05, 3.63) is 48.2 Å². The van der Waals surface area contributed by atoms with Crippen molar-refractivity contribution < 1.29 is 4.74 Å². The first kappa shape index (κ1) is 13.5. The molecule has 1 aromatic carbocycles. The third kappa shape index (κ3) is 2.72. The summed E-state index contributed by atoms with van der Waals surface area (Å²) in [5.74, 6) is 1.30. The summed E-state index contributed by atoms with van der Waals surface area (Å²) >= 11 is 0. The van der Waals surface area contributed by atoms with Crippen LogP contribution >= 0.6 is 0 Å². The lowest BCUT2D eigenvalue weighted by Crippen LogP contribution is -2.12. The number of aromatic amines is 1. The van der Waals surface area contributed by atoms with Gasteiger partial charge in [0.1, 0.15) is 12.9 Å². The number of pyridine rings is 1. The summed E-state index contributed by atoms with van der Waals surface area (Å²) in [5.41, 5.74) is 1.25. The van der Waals surface area contributed by atoms with E-state index in [4.69, 9.17) is 4.74 Å². The highest BCUT2D eigenvalue weighted by atomic mass is 16.5. The summed E-state index contributed by atoms with van der Waals surface area (Å²) in [6.07, 6.45) is 3.37. The number of hydrogen-bond donors (Lipinski definition) is 1. The Morgan fingerprint density at radius 1 is 1.10 bits per heavy atom. The highest BCUT2D eigenvalue weighted by molar-refractivity contribution is 5.90. The van der Waals surface area contributed by atoms with Crippen LogP contribution in [0.15, 0.2) is 36.8 Å². The zero-order valence-corrected chi connectivity index (χ0v) is 12.4. The van der Waals surface area contributed by atoms with Gasteiger partial charge in [0, 0.05) is 11.6 Å². The van der Waals surface area contributed by atoms with E-state index in [1.165, 1.54) is 17.3 Å². The van der Waals surface area contributed by atoms with Crippen LogP contribution in [0.4, 0.5) is 0 Å². The van der Waals surface area contributed by atoms with Crippen molar-refractivity contribution in [2.45, 2.75) is 32.8 Å². The largest absolute Gasteiger partial charge is 0.469 e. The van der Waals surface area contributed by atoms with Crippen LogP contribution in [0.25, 0.3) is 10.8 Å². The molecule has 1 N–H and O–H groups in total. The second-order valence-electron chi connectivity index (χ2n) is 5.99. The Labute approximate surface area is 123 Å². The molecule has 0 fully saturated rings. The summed E-state index contributed by atoms with van der Waals surface area (Å²) in [6.45, 7) is 6.88. The Bertz CT molecular complexity index is 745. The van der Waals surface area contributed by atoms with E-state index in [9.17, 15) is 0 Å². The van der Waals surface area contributed by atoms with Crippen LogP contribution < -0.4 is 4.74 Å². The van der Waals surface area contributed by atoms with Gasteiger partial charge in [-0.05, 0) is 22.4 Å². The normalized spacial score (nSPS) is 11.8. The fourth-order valence-corrected chi connectivity index (χ4v) is 2.32. The Morgan fingerprint density at radius 3 is 2.52 bits per heavy atom. The lowest BCUT2D eigenvalue weighted by molar-refractivity contribution is 0.288. The maximum Gasteiger partial charge on any atom is 0.221 e. The number of ether oxygens (including phenoxy) is 1. The van der Waals surface area contributed by atoms with Gasteiger partial charge >= 0.3 is 0 Å². The van der Waals surface area contributed by atoms with E-state index in [2.05, 4.69) is 47.0 Å². The Balaban J connectivity index is 2.01. The zero-order valence-electron chi connectivity index (χ0n) is 12.4. The molecule has 0 unspecified atom stereocenters. The molecule has 2 heterocycles. The summed E-state index contributed by atoms with van der Waals surface area (Å²) in [4.78, 5) is 8.54. The summed E-state index contributed by atoms with van der Waals surface area (Å²) in [5, 5.41) is 8.78. The predicted octanol–water partition coefficient (Wildman–Crippen LogP) is 3.23. The molecule has 5 nitrogen and oxygen atoms in total. The van der Waals surface area contributed by atoms with Crippen molar-refractivity contribution in [3.63, 3.8) is 0 Å². The first-order valence-electron chi connectivity index (χ1n) is 6.91. The molecule has 0 amide bonds. The lowest BCUT2D eigenvalue weighted by atomic mass is 9.85. The van der Waals surface area contributed by atoms with Crippen LogP contribution in [0.1, 0.15) is 32.2 Å². The van der Waals surface area contributed by atoms with Gasteiger partial charge in [-0.2, -0.15) is 5.10 Å². The van der Waals surface area contributed by atoms with Gasteiger partial charge in [0.05, 0.1) is 0 Å². The van der Waals surface area contributed by atoms with E-state index in [1.807, 2.05) is 24.4 Å². The van der Waals surface area contributed by atoms with E-state index >= 15 is 0 Å². The Kier molecular flexibility index (Phi) is 3.33. The van der Waals surface area contributed by atoms with E-state index in [0.29, 0.717) is 18.3 Å². The first-order chi connectivity index (χ1) is 10.1. The highest BCUT2D eigenvalue weighted by Gasteiger charge is 2.19. The average Bonchev–Trinajstić information content (AvgIpc) is 2.96. The van der Waals surface area contributed by atoms with Crippen molar-refractivity contribution in [2.75, 3.05) is 0 Å². The first-order valence-corrected chi connectivity index (χ1v) is 6.91. The van der Waals surface area contributed by atoms with E-state index < -0.39 is 0 Å². The van der Waals surface area contributed by atoms with Crippen LogP contribution in [0.3, 0.4) is 0 Å². The third-order valence-electron chi connectivity index (χ3n) is 3.38. The minimum Gasteiger partial charge on any atom is -0.469 e. The van der Waals surface area contributed by atoms with E-state index in [-0.39, 0.29) is 5.41 Å². The second kappa shape index (κ2) is 5.16. The van der Waals surface area contributed by atoms with Crippen LogP contribution in [-0.4, -0.2) is 20.2 Å². The van der Waals surface area contributed by atoms with Gasteiger partial charge in [-0.15, -0.1) is 0 Å². The molecule has 3 rings (SSSR count). The standard InChI is InChI=1S/C16H18N4O/c1-16(2,3)13-8-17-15(12-7-5-4-6-11(12)13)21-9-14-18-10-19-20-14/h4-8,10H,9H2,1-3H3,(H,18,19,20).